The Labute approximate surface area is 113 Å². The van der Waals surface area contributed by atoms with Crippen LogP contribution in [0.5, 0.6) is 0 Å². The molecule has 4 nitrogen and oxygen atoms in total. The number of aryl methyl sites for hydroxylation is 1. The van der Waals surface area contributed by atoms with Crippen molar-refractivity contribution in [2.75, 3.05) is 6.61 Å². The minimum Gasteiger partial charge on any atom is -0.392 e. The largest absolute Gasteiger partial charge is 0.392 e. The Morgan fingerprint density at radius 2 is 2.26 bits per heavy atom. The monoisotopic (exact) mass is 260 g/mol. The Balaban J connectivity index is 1.85. The van der Waals surface area contributed by atoms with Crippen LogP contribution < -0.4 is 0 Å². The van der Waals surface area contributed by atoms with E-state index in [-0.39, 0.29) is 18.1 Å². The number of ether oxygens (including phenoxy) is 1. The van der Waals surface area contributed by atoms with Crippen LogP contribution in [0.2, 0.25) is 0 Å². The van der Waals surface area contributed by atoms with Crippen LogP contribution in [0.4, 0.5) is 0 Å². The van der Waals surface area contributed by atoms with Gasteiger partial charge in [-0.15, -0.1) is 0 Å². The van der Waals surface area contributed by atoms with E-state index in [1.165, 1.54) is 0 Å². The fourth-order valence-electron chi connectivity index (χ4n) is 3.04. The first kappa shape index (κ1) is 12.6. The van der Waals surface area contributed by atoms with Gasteiger partial charge in [-0.25, -0.2) is 0 Å². The van der Waals surface area contributed by atoms with E-state index in [0.717, 1.165) is 29.6 Å². The number of hydrogen-bond donors (Lipinski definition) is 1. The van der Waals surface area contributed by atoms with Gasteiger partial charge < -0.3 is 9.84 Å². The van der Waals surface area contributed by atoms with Gasteiger partial charge in [-0.05, 0) is 19.4 Å². The third-order valence-corrected chi connectivity index (χ3v) is 4.17. The maximum atomic E-state index is 10.4. The molecule has 3 unspecified atom stereocenters. The first-order chi connectivity index (χ1) is 9.16. The first-order valence-corrected chi connectivity index (χ1v) is 6.87. The molecule has 2 heterocycles. The van der Waals surface area contributed by atoms with Crippen molar-refractivity contribution in [3.05, 3.63) is 30.0 Å². The average Bonchev–Trinajstić information content (AvgIpc) is 2.95. The second kappa shape index (κ2) is 4.94. The predicted molar refractivity (Wildman–Crippen MR) is 73.9 cm³/mol. The van der Waals surface area contributed by atoms with Gasteiger partial charge >= 0.3 is 0 Å². The lowest BCUT2D eigenvalue weighted by Crippen LogP contribution is -2.28. The van der Waals surface area contributed by atoms with Gasteiger partial charge in [0.2, 0.25) is 0 Å². The SMILES string of the molecule is CC1OCCC1C(O)Cc1nn(C)c2ccccc12. The maximum Gasteiger partial charge on any atom is 0.0729 e. The zero-order chi connectivity index (χ0) is 13.4. The molecule has 1 saturated heterocycles. The molecule has 0 saturated carbocycles. The zero-order valence-electron chi connectivity index (χ0n) is 11.4. The number of hydrogen-bond acceptors (Lipinski definition) is 3. The fraction of sp³-hybridized carbons (Fsp3) is 0.533. The van der Waals surface area contributed by atoms with E-state index in [4.69, 9.17) is 4.74 Å². The summed E-state index contributed by atoms with van der Waals surface area (Å²) in [6, 6.07) is 8.15. The van der Waals surface area contributed by atoms with E-state index in [1.807, 2.05) is 30.8 Å². The molecule has 1 N–H and O–H groups in total. The van der Waals surface area contributed by atoms with E-state index in [9.17, 15) is 5.11 Å². The molecule has 3 rings (SSSR count). The van der Waals surface area contributed by atoms with Crippen LogP contribution in [0.15, 0.2) is 24.3 Å². The molecule has 1 aromatic carbocycles. The van der Waals surface area contributed by atoms with Gasteiger partial charge in [-0.3, -0.25) is 4.68 Å². The van der Waals surface area contributed by atoms with Gasteiger partial charge in [-0.1, -0.05) is 18.2 Å². The van der Waals surface area contributed by atoms with Crippen molar-refractivity contribution >= 4 is 10.9 Å². The van der Waals surface area contributed by atoms with Crippen molar-refractivity contribution in [2.45, 2.75) is 32.0 Å². The molecule has 19 heavy (non-hydrogen) atoms. The number of rotatable bonds is 3. The highest BCUT2D eigenvalue weighted by Gasteiger charge is 2.31. The summed E-state index contributed by atoms with van der Waals surface area (Å²) in [4.78, 5) is 0. The van der Waals surface area contributed by atoms with Crippen LogP contribution >= 0.6 is 0 Å². The third kappa shape index (κ3) is 2.26. The number of aliphatic hydroxyl groups excluding tert-OH is 1. The molecule has 1 aliphatic heterocycles. The molecule has 0 bridgehead atoms. The zero-order valence-corrected chi connectivity index (χ0v) is 11.4. The van der Waals surface area contributed by atoms with Crippen molar-refractivity contribution in [2.24, 2.45) is 13.0 Å². The average molecular weight is 260 g/mol. The van der Waals surface area contributed by atoms with Crippen LogP contribution in [0.3, 0.4) is 0 Å². The van der Waals surface area contributed by atoms with Crippen LogP contribution in [0.1, 0.15) is 19.0 Å². The van der Waals surface area contributed by atoms with E-state index in [2.05, 4.69) is 17.2 Å². The molecule has 2 aromatic rings. The van der Waals surface area contributed by atoms with E-state index in [0.29, 0.717) is 6.42 Å². The Morgan fingerprint density at radius 1 is 1.47 bits per heavy atom. The van der Waals surface area contributed by atoms with E-state index >= 15 is 0 Å². The molecule has 1 aromatic heterocycles. The van der Waals surface area contributed by atoms with Crippen LogP contribution in [-0.4, -0.2) is 33.7 Å². The van der Waals surface area contributed by atoms with Gasteiger partial charge in [0, 0.05) is 31.4 Å². The van der Waals surface area contributed by atoms with Crippen molar-refractivity contribution in [3.8, 4) is 0 Å². The normalized spacial score (nSPS) is 25.0. The highest BCUT2D eigenvalue weighted by molar-refractivity contribution is 5.81. The van der Waals surface area contributed by atoms with Gasteiger partial charge in [0.15, 0.2) is 0 Å². The second-order valence-corrected chi connectivity index (χ2v) is 5.39. The lowest BCUT2D eigenvalue weighted by molar-refractivity contribution is 0.0437. The summed E-state index contributed by atoms with van der Waals surface area (Å²) in [7, 11) is 1.94. The van der Waals surface area contributed by atoms with Crippen LogP contribution in [0.25, 0.3) is 10.9 Å². The number of benzene rings is 1. The lowest BCUT2D eigenvalue weighted by atomic mass is 9.92. The molecular formula is C15H20N2O2. The quantitative estimate of drug-likeness (QED) is 0.917. The number of nitrogens with zero attached hydrogens (tertiary/aromatic N) is 2. The molecule has 102 valence electrons. The number of aromatic nitrogens is 2. The van der Waals surface area contributed by atoms with Crippen molar-refractivity contribution < 1.29 is 9.84 Å². The standard InChI is InChI=1S/C15H20N2O2/c1-10-11(7-8-19-10)15(18)9-13-12-5-3-4-6-14(12)17(2)16-13/h3-6,10-11,15,18H,7-9H2,1-2H3. The van der Waals surface area contributed by atoms with Crippen molar-refractivity contribution in [1.82, 2.24) is 9.78 Å². The molecule has 1 fully saturated rings. The van der Waals surface area contributed by atoms with Gasteiger partial charge in [0.05, 0.1) is 23.4 Å². The first-order valence-electron chi connectivity index (χ1n) is 6.87. The number of fused-ring (bicyclic) bond motifs is 1. The Hall–Kier alpha value is -1.39. The van der Waals surface area contributed by atoms with Gasteiger partial charge in [0.25, 0.3) is 0 Å². The Morgan fingerprint density at radius 3 is 3.00 bits per heavy atom. The molecular weight excluding hydrogens is 240 g/mol. The molecule has 0 radical (unpaired) electrons. The molecule has 3 atom stereocenters. The summed E-state index contributed by atoms with van der Waals surface area (Å²) < 4.78 is 7.41. The maximum absolute atomic E-state index is 10.4. The van der Waals surface area contributed by atoms with Crippen molar-refractivity contribution in [1.29, 1.82) is 0 Å². The summed E-state index contributed by atoms with van der Waals surface area (Å²) in [5.41, 5.74) is 2.09. The third-order valence-electron chi connectivity index (χ3n) is 4.17. The lowest BCUT2D eigenvalue weighted by Gasteiger charge is -2.20. The predicted octanol–water partition coefficient (Wildman–Crippen LogP) is 1.90. The molecule has 0 amide bonds. The molecule has 0 spiro atoms. The molecule has 0 aliphatic carbocycles. The Kier molecular flexibility index (Phi) is 3.29. The topological polar surface area (TPSA) is 47.3 Å². The van der Waals surface area contributed by atoms with Gasteiger partial charge in [-0.2, -0.15) is 5.10 Å². The summed E-state index contributed by atoms with van der Waals surface area (Å²) in [6.45, 7) is 2.79. The smallest absolute Gasteiger partial charge is 0.0729 e. The second-order valence-electron chi connectivity index (χ2n) is 5.39. The molecule has 4 heteroatoms. The van der Waals surface area contributed by atoms with E-state index < -0.39 is 0 Å². The number of para-hydroxylation sites is 1. The summed E-state index contributed by atoms with van der Waals surface area (Å²) >= 11 is 0. The Bertz CT molecular complexity index is 579. The van der Waals surface area contributed by atoms with Crippen LogP contribution in [0, 0.1) is 5.92 Å². The minimum absolute atomic E-state index is 0.143. The summed E-state index contributed by atoms with van der Waals surface area (Å²) in [6.07, 6.45) is 1.30. The summed E-state index contributed by atoms with van der Waals surface area (Å²) in [5, 5.41) is 16.1. The fourth-order valence-corrected chi connectivity index (χ4v) is 3.04. The molecule has 1 aliphatic rings. The number of aliphatic hydroxyl groups is 1. The minimum atomic E-state index is -0.379. The van der Waals surface area contributed by atoms with Gasteiger partial charge in [0.1, 0.15) is 0 Å². The highest BCUT2D eigenvalue weighted by atomic mass is 16.5. The van der Waals surface area contributed by atoms with E-state index in [1.54, 1.807) is 0 Å². The summed E-state index contributed by atoms with van der Waals surface area (Å²) in [5.74, 6) is 0.223. The van der Waals surface area contributed by atoms with Crippen molar-refractivity contribution in [3.63, 3.8) is 0 Å². The highest BCUT2D eigenvalue weighted by Crippen LogP contribution is 2.27. The van der Waals surface area contributed by atoms with Crippen LogP contribution in [-0.2, 0) is 18.2 Å².